The first-order valence-electron chi connectivity index (χ1n) is 5.90. The van der Waals surface area contributed by atoms with Crippen LogP contribution in [0.25, 0.3) is 0 Å². The molecule has 0 unspecified atom stereocenters. The monoisotopic (exact) mass is 275 g/mol. The number of esters is 1. The first-order chi connectivity index (χ1) is 8.77. The summed E-state index contributed by atoms with van der Waals surface area (Å²) in [5, 5.41) is 0. The molecule has 106 valence electrons. The Morgan fingerprint density at radius 1 is 1.37 bits per heavy atom. The van der Waals surface area contributed by atoms with Crippen LogP contribution >= 0.6 is 0 Å². The molecule has 0 radical (unpaired) electrons. The molecule has 0 N–H and O–H groups in total. The molecule has 0 saturated carbocycles. The van der Waals surface area contributed by atoms with Gasteiger partial charge in [-0.3, -0.25) is 4.90 Å². The minimum Gasteiger partial charge on any atom is -0.462 e. The fourth-order valence-corrected chi connectivity index (χ4v) is 1.73. The Bertz CT molecular complexity index is 444. The first-order valence-corrected chi connectivity index (χ1v) is 5.90. The highest BCUT2D eigenvalue weighted by atomic mass is 19.4. The lowest BCUT2D eigenvalue weighted by molar-refractivity contribution is -0.133. The van der Waals surface area contributed by atoms with Gasteiger partial charge in [-0.2, -0.15) is 13.2 Å². The van der Waals surface area contributed by atoms with Crippen molar-refractivity contribution in [3.8, 4) is 0 Å². The summed E-state index contributed by atoms with van der Waals surface area (Å²) in [6.45, 7) is 4.68. The topological polar surface area (TPSA) is 29.5 Å². The summed E-state index contributed by atoms with van der Waals surface area (Å²) in [6, 6.07) is 4.57. The number of nitrogens with zero attached hydrogens (tertiary/aromatic N) is 1. The molecule has 1 aromatic rings. The summed E-state index contributed by atoms with van der Waals surface area (Å²) in [5.74, 6) is -0.629. The summed E-state index contributed by atoms with van der Waals surface area (Å²) in [7, 11) is 0. The van der Waals surface area contributed by atoms with E-state index in [9.17, 15) is 18.0 Å². The van der Waals surface area contributed by atoms with Crippen molar-refractivity contribution in [1.82, 2.24) is 0 Å². The van der Waals surface area contributed by atoms with E-state index in [0.717, 1.165) is 0 Å². The number of alkyl halides is 3. The second-order valence-electron chi connectivity index (χ2n) is 4.20. The molecule has 3 nitrogen and oxygen atoms in total. The van der Waals surface area contributed by atoms with E-state index in [0.29, 0.717) is 4.90 Å². The number of hydrogen-bond acceptors (Lipinski definition) is 3. The van der Waals surface area contributed by atoms with E-state index in [-0.39, 0.29) is 17.9 Å². The van der Waals surface area contributed by atoms with Crippen molar-refractivity contribution in [2.45, 2.75) is 33.1 Å². The lowest BCUT2D eigenvalue weighted by atomic mass is 10.1. The van der Waals surface area contributed by atoms with Gasteiger partial charge >= 0.3 is 12.3 Å². The molecule has 0 aromatic heterocycles. The van der Waals surface area contributed by atoms with E-state index >= 15 is 0 Å². The predicted octanol–water partition coefficient (Wildman–Crippen LogP) is 3.60. The van der Waals surface area contributed by atoms with Gasteiger partial charge in [0.25, 0.3) is 0 Å². The van der Waals surface area contributed by atoms with Crippen LogP contribution in [0.3, 0.4) is 0 Å². The molecule has 0 aliphatic heterocycles. The Labute approximate surface area is 110 Å². The van der Waals surface area contributed by atoms with E-state index in [4.69, 9.17) is 4.74 Å². The molecule has 0 atom stereocenters. The smallest absolute Gasteiger partial charge is 0.462 e. The SMILES string of the molecule is CCOC(=O)c1cccc(N(C(C)C)C(F)(F)F)c1. The van der Waals surface area contributed by atoms with Gasteiger partial charge in [0.1, 0.15) is 0 Å². The van der Waals surface area contributed by atoms with Gasteiger partial charge < -0.3 is 4.74 Å². The summed E-state index contributed by atoms with van der Waals surface area (Å²) < 4.78 is 43.6. The Morgan fingerprint density at radius 2 is 2.00 bits per heavy atom. The van der Waals surface area contributed by atoms with E-state index in [1.807, 2.05) is 0 Å². The van der Waals surface area contributed by atoms with Gasteiger partial charge in [0.2, 0.25) is 0 Å². The number of halogens is 3. The van der Waals surface area contributed by atoms with Crippen LogP contribution in [-0.2, 0) is 4.74 Å². The molecule has 19 heavy (non-hydrogen) atoms. The van der Waals surface area contributed by atoms with Crippen molar-refractivity contribution in [3.05, 3.63) is 29.8 Å². The highest BCUT2D eigenvalue weighted by Crippen LogP contribution is 2.31. The Kier molecular flexibility index (Phi) is 4.80. The van der Waals surface area contributed by atoms with E-state index in [1.54, 1.807) is 6.92 Å². The van der Waals surface area contributed by atoms with Gasteiger partial charge in [-0.15, -0.1) is 0 Å². The molecule has 0 aliphatic rings. The second-order valence-corrected chi connectivity index (χ2v) is 4.20. The zero-order valence-electron chi connectivity index (χ0n) is 11.0. The average Bonchev–Trinajstić information content (AvgIpc) is 2.27. The Balaban J connectivity index is 3.13. The van der Waals surface area contributed by atoms with Crippen LogP contribution in [0.2, 0.25) is 0 Å². The number of carbonyl (C=O) groups excluding carboxylic acids is 1. The molecule has 0 fully saturated rings. The van der Waals surface area contributed by atoms with Gasteiger partial charge in [0.15, 0.2) is 0 Å². The van der Waals surface area contributed by atoms with Crippen molar-refractivity contribution < 1.29 is 22.7 Å². The van der Waals surface area contributed by atoms with E-state index in [1.165, 1.54) is 38.1 Å². The largest absolute Gasteiger partial charge is 0.485 e. The fraction of sp³-hybridized carbons (Fsp3) is 0.462. The van der Waals surface area contributed by atoms with Crippen LogP contribution in [0.4, 0.5) is 18.9 Å². The van der Waals surface area contributed by atoms with Gasteiger partial charge in [-0.25, -0.2) is 4.79 Å². The van der Waals surface area contributed by atoms with Crippen LogP contribution < -0.4 is 4.90 Å². The summed E-state index contributed by atoms with van der Waals surface area (Å²) in [5.41, 5.74) is 0.0299. The predicted molar refractivity (Wildman–Crippen MR) is 66.1 cm³/mol. The normalized spacial score (nSPS) is 11.5. The van der Waals surface area contributed by atoms with Gasteiger partial charge in [-0.1, -0.05) is 6.07 Å². The van der Waals surface area contributed by atoms with Crippen LogP contribution in [0, 0.1) is 0 Å². The number of anilines is 1. The molecule has 0 bridgehead atoms. The highest BCUT2D eigenvalue weighted by Gasteiger charge is 2.39. The maximum absolute atomic E-state index is 12.9. The average molecular weight is 275 g/mol. The van der Waals surface area contributed by atoms with E-state index < -0.39 is 18.3 Å². The molecule has 1 rings (SSSR count). The number of rotatable bonds is 4. The summed E-state index contributed by atoms with van der Waals surface area (Å²) in [6.07, 6.45) is -4.50. The fourth-order valence-electron chi connectivity index (χ4n) is 1.73. The molecular formula is C13H16F3NO2. The standard InChI is InChI=1S/C13H16F3NO2/c1-4-19-12(18)10-6-5-7-11(8-10)17(9(2)3)13(14,15)16/h5-9H,4H2,1-3H3. The van der Waals surface area contributed by atoms with Crippen LogP contribution in [0.5, 0.6) is 0 Å². The molecule has 6 heteroatoms. The third-order valence-electron chi connectivity index (χ3n) is 2.43. The summed E-state index contributed by atoms with van der Waals surface area (Å²) in [4.78, 5) is 11.8. The van der Waals surface area contributed by atoms with Crippen molar-refractivity contribution in [1.29, 1.82) is 0 Å². The minimum atomic E-state index is -4.50. The van der Waals surface area contributed by atoms with Gasteiger partial charge in [0, 0.05) is 11.7 Å². The third kappa shape index (κ3) is 3.87. The molecule has 0 heterocycles. The van der Waals surface area contributed by atoms with Crippen molar-refractivity contribution >= 4 is 11.7 Å². The van der Waals surface area contributed by atoms with Crippen LogP contribution in [0.15, 0.2) is 24.3 Å². The lowest BCUT2D eigenvalue weighted by Crippen LogP contribution is -2.43. The van der Waals surface area contributed by atoms with E-state index in [2.05, 4.69) is 0 Å². The van der Waals surface area contributed by atoms with Crippen molar-refractivity contribution in [2.75, 3.05) is 11.5 Å². The molecule has 0 spiro atoms. The molecular weight excluding hydrogens is 259 g/mol. The number of hydrogen-bond donors (Lipinski definition) is 0. The summed E-state index contributed by atoms with van der Waals surface area (Å²) >= 11 is 0. The van der Waals surface area contributed by atoms with Gasteiger partial charge in [-0.05, 0) is 39.0 Å². The molecule has 0 amide bonds. The molecule has 1 aromatic carbocycles. The maximum Gasteiger partial charge on any atom is 0.485 e. The zero-order valence-corrected chi connectivity index (χ0v) is 11.0. The first kappa shape index (κ1) is 15.3. The van der Waals surface area contributed by atoms with Crippen molar-refractivity contribution in [3.63, 3.8) is 0 Å². The lowest BCUT2D eigenvalue weighted by Gasteiger charge is -2.30. The van der Waals surface area contributed by atoms with Gasteiger partial charge in [0.05, 0.1) is 12.2 Å². The Morgan fingerprint density at radius 3 is 2.47 bits per heavy atom. The maximum atomic E-state index is 12.9. The second kappa shape index (κ2) is 5.95. The van der Waals surface area contributed by atoms with Crippen LogP contribution in [0.1, 0.15) is 31.1 Å². The zero-order chi connectivity index (χ0) is 14.6. The number of benzene rings is 1. The molecule has 0 saturated heterocycles. The molecule has 0 aliphatic carbocycles. The third-order valence-corrected chi connectivity index (χ3v) is 2.43. The quantitative estimate of drug-likeness (QED) is 0.621. The number of carbonyl (C=O) groups is 1. The minimum absolute atomic E-state index is 0.0759. The van der Waals surface area contributed by atoms with Crippen molar-refractivity contribution in [2.24, 2.45) is 0 Å². The number of ether oxygens (including phenoxy) is 1. The van der Waals surface area contributed by atoms with Crippen LogP contribution in [-0.4, -0.2) is 24.9 Å². The highest BCUT2D eigenvalue weighted by molar-refractivity contribution is 5.90. The Hall–Kier alpha value is -1.72.